The van der Waals surface area contributed by atoms with E-state index in [1.165, 1.54) is 23.6 Å². The molecule has 0 aromatic carbocycles. The van der Waals surface area contributed by atoms with Gasteiger partial charge in [0.2, 0.25) is 0 Å². The molecule has 3 unspecified atom stereocenters. The van der Waals surface area contributed by atoms with Gasteiger partial charge in [-0.15, -0.1) is 0 Å². The molecule has 168 valence electrons. The van der Waals surface area contributed by atoms with Crippen molar-refractivity contribution >= 4 is 0 Å². The first-order valence-corrected chi connectivity index (χ1v) is 11.7. The van der Waals surface area contributed by atoms with E-state index in [2.05, 4.69) is 58.0 Å². The summed E-state index contributed by atoms with van der Waals surface area (Å²) in [7, 11) is 4.24. The summed E-state index contributed by atoms with van der Waals surface area (Å²) in [6.45, 7) is 12.0. The first-order chi connectivity index (χ1) is 14.6. The first kappa shape index (κ1) is 22.0. The number of aromatic nitrogens is 2. The van der Waals surface area contributed by atoms with E-state index in [9.17, 15) is 0 Å². The standard InChI is InChI=1S/C23H40N6O/c1-5-18(2)16-30-17-25-15-21-20(14-24-3)26-22-8-6-7-19-13-23(19,29(21)22)28-11-9-27(4)10-12-28/h6-7,18-19,24-25H,5,8-17H2,1-4H3. The van der Waals surface area contributed by atoms with Crippen molar-refractivity contribution in [2.75, 3.05) is 53.6 Å². The third-order valence-corrected chi connectivity index (χ3v) is 7.13. The van der Waals surface area contributed by atoms with E-state index < -0.39 is 0 Å². The lowest BCUT2D eigenvalue weighted by atomic mass is 10.1. The highest BCUT2D eigenvalue weighted by molar-refractivity contribution is 5.30. The van der Waals surface area contributed by atoms with Gasteiger partial charge < -0.3 is 19.5 Å². The molecule has 1 saturated heterocycles. The van der Waals surface area contributed by atoms with E-state index in [-0.39, 0.29) is 5.66 Å². The van der Waals surface area contributed by atoms with Gasteiger partial charge in [-0.05, 0) is 26.4 Å². The fourth-order valence-electron chi connectivity index (χ4n) is 5.04. The van der Waals surface area contributed by atoms with Crippen molar-refractivity contribution in [2.24, 2.45) is 11.8 Å². The smallest absolute Gasteiger partial charge is 0.114 e. The quantitative estimate of drug-likeness (QED) is 0.344. The summed E-state index contributed by atoms with van der Waals surface area (Å²) in [4.78, 5) is 10.3. The lowest BCUT2D eigenvalue weighted by molar-refractivity contribution is 0.0474. The fraction of sp³-hybridized carbons (Fsp3) is 0.783. The summed E-state index contributed by atoms with van der Waals surface area (Å²) in [6, 6.07) is 0. The van der Waals surface area contributed by atoms with Crippen LogP contribution in [0.5, 0.6) is 0 Å². The molecule has 2 fully saturated rings. The first-order valence-electron chi connectivity index (χ1n) is 11.7. The molecule has 0 bridgehead atoms. The Kier molecular flexibility index (Phi) is 6.95. The van der Waals surface area contributed by atoms with Crippen molar-refractivity contribution in [3.63, 3.8) is 0 Å². The van der Waals surface area contributed by atoms with Crippen LogP contribution in [0.3, 0.4) is 0 Å². The van der Waals surface area contributed by atoms with Gasteiger partial charge in [-0.1, -0.05) is 32.4 Å². The van der Waals surface area contributed by atoms with E-state index in [0.29, 0.717) is 18.6 Å². The largest absolute Gasteiger partial charge is 0.366 e. The molecule has 0 amide bonds. The molecule has 1 aromatic heterocycles. The van der Waals surface area contributed by atoms with Gasteiger partial charge in [0, 0.05) is 51.6 Å². The molecule has 7 heteroatoms. The summed E-state index contributed by atoms with van der Waals surface area (Å²) >= 11 is 0. The lowest BCUT2D eigenvalue weighted by Gasteiger charge is -2.40. The molecule has 4 rings (SSSR count). The number of fused-ring (bicyclic) bond motifs is 3. The number of hydrogen-bond acceptors (Lipinski definition) is 6. The van der Waals surface area contributed by atoms with Crippen molar-refractivity contribution in [3.8, 4) is 0 Å². The summed E-state index contributed by atoms with van der Waals surface area (Å²) in [5.41, 5.74) is 2.59. The van der Waals surface area contributed by atoms with E-state index in [0.717, 1.165) is 58.7 Å². The molecule has 3 atom stereocenters. The Hall–Kier alpha value is -1.25. The fourth-order valence-corrected chi connectivity index (χ4v) is 5.04. The number of piperazine rings is 1. The highest BCUT2D eigenvalue weighted by Gasteiger charge is 2.60. The minimum atomic E-state index is 0.0805. The number of nitrogens with one attached hydrogen (secondary N) is 2. The maximum absolute atomic E-state index is 5.86. The van der Waals surface area contributed by atoms with Crippen LogP contribution in [0, 0.1) is 11.8 Å². The average Bonchev–Trinajstić information content (AvgIpc) is 3.39. The number of imidazole rings is 1. The molecule has 0 radical (unpaired) electrons. The van der Waals surface area contributed by atoms with Crippen LogP contribution in [-0.2, 0) is 29.9 Å². The zero-order chi connectivity index (χ0) is 21.1. The second-order valence-electron chi connectivity index (χ2n) is 9.35. The molecule has 1 aromatic rings. The molecule has 1 aliphatic carbocycles. The van der Waals surface area contributed by atoms with E-state index in [1.807, 2.05) is 7.05 Å². The number of likely N-dealkylation sites (N-methyl/N-ethyl adjacent to an activating group) is 1. The van der Waals surface area contributed by atoms with Gasteiger partial charge in [-0.25, -0.2) is 4.98 Å². The Balaban J connectivity index is 1.56. The van der Waals surface area contributed by atoms with Gasteiger partial charge in [0.1, 0.15) is 11.5 Å². The maximum Gasteiger partial charge on any atom is 0.114 e. The van der Waals surface area contributed by atoms with Crippen molar-refractivity contribution in [1.82, 2.24) is 30.0 Å². The topological polar surface area (TPSA) is 57.6 Å². The van der Waals surface area contributed by atoms with Gasteiger partial charge in [-0.2, -0.15) is 0 Å². The molecular weight excluding hydrogens is 376 g/mol. The van der Waals surface area contributed by atoms with Crippen LogP contribution >= 0.6 is 0 Å². The van der Waals surface area contributed by atoms with Gasteiger partial charge in [0.25, 0.3) is 0 Å². The molecule has 30 heavy (non-hydrogen) atoms. The molecule has 3 aliphatic rings. The van der Waals surface area contributed by atoms with Crippen LogP contribution in [0.25, 0.3) is 0 Å². The van der Waals surface area contributed by atoms with E-state index >= 15 is 0 Å². The molecule has 2 aliphatic heterocycles. The molecule has 0 spiro atoms. The maximum atomic E-state index is 5.86. The van der Waals surface area contributed by atoms with E-state index in [1.54, 1.807) is 0 Å². The van der Waals surface area contributed by atoms with Crippen molar-refractivity contribution in [2.45, 2.75) is 51.9 Å². The SMILES string of the molecule is CCC(C)COCNCc1c(CNC)nc2n1C1(N3CCN(C)CC3)CC1C=CC2. The highest BCUT2D eigenvalue weighted by Crippen LogP contribution is 2.56. The monoisotopic (exact) mass is 416 g/mol. The van der Waals surface area contributed by atoms with E-state index in [4.69, 9.17) is 9.72 Å². The third kappa shape index (κ3) is 4.23. The predicted octanol–water partition coefficient (Wildman–Crippen LogP) is 1.74. The molecule has 1 saturated carbocycles. The summed E-state index contributed by atoms with van der Waals surface area (Å²) in [5.74, 6) is 2.42. The Morgan fingerprint density at radius 3 is 2.80 bits per heavy atom. The van der Waals surface area contributed by atoms with Gasteiger partial charge in [-0.3, -0.25) is 10.2 Å². The molecule has 7 nitrogen and oxygen atoms in total. The number of ether oxygens (including phenoxy) is 1. The normalized spacial score (nSPS) is 27.5. The number of nitrogens with zero attached hydrogens (tertiary/aromatic N) is 4. The van der Waals surface area contributed by atoms with Crippen LogP contribution in [0.1, 0.15) is 43.9 Å². The Bertz CT molecular complexity index is 738. The van der Waals surface area contributed by atoms with Crippen molar-refractivity contribution in [3.05, 3.63) is 29.4 Å². The van der Waals surface area contributed by atoms with Crippen molar-refractivity contribution < 1.29 is 4.74 Å². The zero-order valence-corrected chi connectivity index (χ0v) is 19.3. The van der Waals surface area contributed by atoms with Crippen LogP contribution in [-0.4, -0.2) is 73.0 Å². The summed E-state index contributed by atoms with van der Waals surface area (Å²) < 4.78 is 8.47. The predicted molar refractivity (Wildman–Crippen MR) is 120 cm³/mol. The Labute approximate surface area is 181 Å². The van der Waals surface area contributed by atoms with Gasteiger partial charge >= 0.3 is 0 Å². The van der Waals surface area contributed by atoms with Crippen LogP contribution in [0.2, 0.25) is 0 Å². The summed E-state index contributed by atoms with van der Waals surface area (Å²) in [6.07, 6.45) is 8.06. The average molecular weight is 417 g/mol. The van der Waals surface area contributed by atoms with Gasteiger partial charge in [0.05, 0.1) is 24.7 Å². The third-order valence-electron chi connectivity index (χ3n) is 7.13. The Morgan fingerprint density at radius 1 is 1.27 bits per heavy atom. The molecule has 2 N–H and O–H groups in total. The number of hydrogen-bond donors (Lipinski definition) is 2. The molecular formula is C23H40N6O. The van der Waals surface area contributed by atoms with Gasteiger partial charge in [0.15, 0.2) is 0 Å². The minimum Gasteiger partial charge on any atom is -0.366 e. The second-order valence-corrected chi connectivity index (χ2v) is 9.35. The highest BCUT2D eigenvalue weighted by atomic mass is 16.5. The van der Waals surface area contributed by atoms with Crippen LogP contribution in [0.4, 0.5) is 0 Å². The Morgan fingerprint density at radius 2 is 2.07 bits per heavy atom. The number of rotatable bonds is 10. The summed E-state index contributed by atoms with van der Waals surface area (Å²) in [5, 5.41) is 6.87. The second kappa shape index (κ2) is 9.49. The minimum absolute atomic E-state index is 0.0805. The van der Waals surface area contributed by atoms with Crippen LogP contribution in [0.15, 0.2) is 12.2 Å². The lowest BCUT2D eigenvalue weighted by Crippen LogP contribution is -2.52. The van der Waals surface area contributed by atoms with Crippen LogP contribution < -0.4 is 10.6 Å². The molecule has 3 heterocycles. The number of allylic oxidation sites excluding steroid dienone is 1. The van der Waals surface area contributed by atoms with Crippen molar-refractivity contribution in [1.29, 1.82) is 0 Å². The zero-order valence-electron chi connectivity index (χ0n) is 19.3.